The zero-order chi connectivity index (χ0) is 17.3. The average Bonchev–Trinajstić information content (AvgIpc) is 2.47. The van der Waals surface area contributed by atoms with Crippen molar-refractivity contribution in [2.45, 2.75) is 52.2 Å². The maximum atomic E-state index is 12.9. The number of pyridine rings is 1. The smallest absolute Gasteiger partial charge is 0.341 e. The van der Waals surface area contributed by atoms with Gasteiger partial charge in [0.1, 0.15) is 5.56 Å². The molecule has 0 unspecified atom stereocenters. The Hall–Kier alpha value is -2.31. The largest absolute Gasteiger partial charge is 0.491 e. The minimum Gasteiger partial charge on any atom is -0.491 e. The molecule has 1 aliphatic rings. The number of carbonyl (C=O) groups is 2. The molecule has 0 aliphatic carbocycles. The van der Waals surface area contributed by atoms with E-state index in [1.807, 2.05) is 20.8 Å². The van der Waals surface area contributed by atoms with Crippen LogP contribution in [0.5, 0.6) is 5.75 Å². The van der Waals surface area contributed by atoms with E-state index in [0.717, 1.165) is 12.8 Å². The fraction of sp³-hybridized carbons (Fsp3) is 0.562. The summed E-state index contributed by atoms with van der Waals surface area (Å²) in [6, 6.07) is -0.0550. The van der Waals surface area contributed by atoms with Gasteiger partial charge in [0.2, 0.25) is 5.43 Å². The number of amides is 1. The maximum Gasteiger partial charge on any atom is 0.341 e. The zero-order valence-electron chi connectivity index (χ0n) is 13.8. The van der Waals surface area contributed by atoms with E-state index in [0.29, 0.717) is 6.54 Å². The number of carboxylic acids is 1. The predicted octanol–water partition coefficient (Wildman–Crippen LogP) is 1.59. The molecule has 7 nitrogen and oxygen atoms in total. The second kappa shape index (κ2) is 6.44. The highest BCUT2D eigenvalue weighted by molar-refractivity contribution is 5.98. The van der Waals surface area contributed by atoms with Gasteiger partial charge in [0, 0.05) is 24.8 Å². The Labute approximate surface area is 134 Å². The lowest BCUT2D eigenvalue weighted by molar-refractivity contribution is 0.0493. The highest BCUT2D eigenvalue weighted by Crippen LogP contribution is 2.26. The predicted molar refractivity (Wildman–Crippen MR) is 84.2 cm³/mol. The molecule has 126 valence electrons. The van der Waals surface area contributed by atoms with Crippen molar-refractivity contribution < 1.29 is 19.4 Å². The lowest BCUT2D eigenvalue weighted by Crippen LogP contribution is -2.52. The van der Waals surface area contributed by atoms with Gasteiger partial charge in [-0.3, -0.25) is 9.59 Å². The summed E-state index contributed by atoms with van der Waals surface area (Å²) in [5, 5.41) is 9.16. The summed E-state index contributed by atoms with van der Waals surface area (Å²) in [6.45, 7) is 6.36. The van der Waals surface area contributed by atoms with E-state index >= 15 is 0 Å². The molecule has 2 rings (SSSR count). The molecule has 0 saturated carbocycles. The number of hydrogen-bond acceptors (Lipinski definition) is 4. The van der Waals surface area contributed by atoms with Gasteiger partial charge in [-0.05, 0) is 20.3 Å². The maximum absolute atomic E-state index is 12.9. The molecular weight excluding hydrogens is 300 g/mol. The van der Waals surface area contributed by atoms with Crippen molar-refractivity contribution in [3.8, 4) is 5.75 Å². The highest BCUT2D eigenvalue weighted by Gasteiger charge is 2.36. The molecule has 0 bridgehead atoms. The molecule has 1 N–H and O–H groups in total. The lowest BCUT2D eigenvalue weighted by atomic mass is 10.0. The molecule has 2 heterocycles. The van der Waals surface area contributed by atoms with Crippen LogP contribution in [-0.4, -0.2) is 45.6 Å². The van der Waals surface area contributed by atoms with Gasteiger partial charge in [-0.15, -0.1) is 0 Å². The van der Waals surface area contributed by atoms with Crippen LogP contribution in [0, 0.1) is 0 Å². The normalized spacial score (nSPS) is 18.5. The second-order valence-electron chi connectivity index (χ2n) is 5.91. The first-order valence-corrected chi connectivity index (χ1v) is 7.70. The van der Waals surface area contributed by atoms with Crippen LogP contribution in [0.1, 0.15) is 54.5 Å². The van der Waals surface area contributed by atoms with Crippen LogP contribution >= 0.6 is 0 Å². The molecule has 1 aromatic rings. The number of ether oxygens (including phenoxy) is 1. The Morgan fingerprint density at radius 3 is 2.65 bits per heavy atom. The van der Waals surface area contributed by atoms with Crippen LogP contribution in [0.15, 0.2) is 11.0 Å². The van der Waals surface area contributed by atoms with Gasteiger partial charge in [0.25, 0.3) is 5.91 Å². The van der Waals surface area contributed by atoms with Gasteiger partial charge in [0.15, 0.2) is 11.4 Å². The summed E-state index contributed by atoms with van der Waals surface area (Å²) < 4.78 is 6.60. The van der Waals surface area contributed by atoms with E-state index in [-0.39, 0.29) is 35.0 Å². The van der Waals surface area contributed by atoms with Gasteiger partial charge in [-0.1, -0.05) is 13.3 Å². The molecule has 0 spiro atoms. The Balaban J connectivity index is 2.62. The summed E-state index contributed by atoms with van der Waals surface area (Å²) in [5.74, 6) is -1.82. The molecule has 1 aliphatic heterocycles. The van der Waals surface area contributed by atoms with Crippen molar-refractivity contribution in [3.05, 3.63) is 27.7 Å². The first-order valence-electron chi connectivity index (χ1n) is 7.70. The SMILES string of the molecule is CCC[C@@H](C)N1C(=O)c2c(OC)c(=O)c(C(=O)O)cn2C[C@@H]1C. The number of carbonyl (C=O) groups excluding carboxylic acids is 1. The minimum atomic E-state index is -1.33. The summed E-state index contributed by atoms with van der Waals surface area (Å²) >= 11 is 0. The fourth-order valence-electron chi connectivity index (χ4n) is 3.23. The van der Waals surface area contributed by atoms with Gasteiger partial charge >= 0.3 is 5.97 Å². The number of nitrogens with zero attached hydrogens (tertiary/aromatic N) is 2. The van der Waals surface area contributed by atoms with Gasteiger partial charge < -0.3 is 19.3 Å². The second-order valence-corrected chi connectivity index (χ2v) is 5.91. The third-order valence-corrected chi connectivity index (χ3v) is 4.23. The number of aromatic carboxylic acids is 1. The van der Waals surface area contributed by atoms with Gasteiger partial charge in [-0.2, -0.15) is 0 Å². The fourth-order valence-corrected chi connectivity index (χ4v) is 3.23. The number of fused-ring (bicyclic) bond motifs is 1. The summed E-state index contributed by atoms with van der Waals surface area (Å²) in [7, 11) is 1.27. The van der Waals surface area contributed by atoms with E-state index in [9.17, 15) is 14.4 Å². The number of hydrogen-bond donors (Lipinski definition) is 1. The van der Waals surface area contributed by atoms with Gasteiger partial charge in [-0.25, -0.2) is 4.79 Å². The topological polar surface area (TPSA) is 88.8 Å². The highest BCUT2D eigenvalue weighted by atomic mass is 16.5. The molecule has 1 aromatic heterocycles. The van der Waals surface area contributed by atoms with Crippen molar-refractivity contribution >= 4 is 11.9 Å². The van der Waals surface area contributed by atoms with E-state index < -0.39 is 11.4 Å². The molecule has 7 heteroatoms. The molecule has 2 atom stereocenters. The minimum absolute atomic E-state index is 0.0372. The Morgan fingerprint density at radius 1 is 1.48 bits per heavy atom. The third-order valence-electron chi connectivity index (χ3n) is 4.23. The quantitative estimate of drug-likeness (QED) is 0.889. The standard InChI is InChI=1S/C16H22N2O5/c1-5-6-9(2)18-10(3)7-17-8-11(16(21)22)13(19)14(23-4)12(17)15(18)20/h8-10H,5-7H2,1-4H3,(H,21,22)/t9-,10+/m1/s1. The number of aromatic nitrogens is 1. The molecule has 0 radical (unpaired) electrons. The summed E-state index contributed by atoms with van der Waals surface area (Å²) in [5.41, 5.74) is -1.03. The zero-order valence-corrected chi connectivity index (χ0v) is 13.8. The first-order chi connectivity index (χ1) is 10.8. The molecule has 1 amide bonds. The van der Waals surface area contributed by atoms with E-state index in [1.165, 1.54) is 17.9 Å². The Kier molecular flexibility index (Phi) is 4.77. The van der Waals surface area contributed by atoms with Crippen LogP contribution in [0.25, 0.3) is 0 Å². The number of carboxylic acid groups (broad SMARTS) is 1. The monoisotopic (exact) mass is 322 g/mol. The summed E-state index contributed by atoms with van der Waals surface area (Å²) in [4.78, 5) is 38.1. The van der Waals surface area contributed by atoms with E-state index in [2.05, 4.69) is 0 Å². The molecule has 23 heavy (non-hydrogen) atoms. The van der Waals surface area contributed by atoms with Gasteiger partial charge in [0.05, 0.1) is 7.11 Å². The lowest BCUT2D eigenvalue weighted by Gasteiger charge is -2.40. The number of methoxy groups -OCH3 is 1. The average molecular weight is 322 g/mol. The van der Waals surface area contributed by atoms with Crippen LogP contribution in [-0.2, 0) is 6.54 Å². The van der Waals surface area contributed by atoms with Crippen molar-refractivity contribution in [2.75, 3.05) is 7.11 Å². The molecule has 0 aromatic carbocycles. The first kappa shape index (κ1) is 17.1. The van der Waals surface area contributed by atoms with Crippen LogP contribution in [0.2, 0.25) is 0 Å². The Morgan fingerprint density at radius 2 is 2.13 bits per heavy atom. The molecule has 0 fully saturated rings. The number of rotatable bonds is 5. The van der Waals surface area contributed by atoms with E-state index in [4.69, 9.17) is 9.84 Å². The van der Waals surface area contributed by atoms with Crippen molar-refractivity contribution in [2.24, 2.45) is 0 Å². The third kappa shape index (κ3) is 2.83. The summed E-state index contributed by atoms with van der Waals surface area (Å²) in [6.07, 6.45) is 3.04. The Bertz CT molecular complexity index is 694. The van der Waals surface area contributed by atoms with Crippen molar-refractivity contribution in [1.82, 2.24) is 9.47 Å². The van der Waals surface area contributed by atoms with Crippen molar-refractivity contribution in [1.29, 1.82) is 0 Å². The van der Waals surface area contributed by atoms with Crippen molar-refractivity contribution in [3.63, 3.8) is 0 Å². The van der Waals surface area contributed by atoms with Crippen LogP contribution < -0.4 is 10.2 Å². The molecule has 0 saturated heterocycles. The van der Waals surface area contributed by atoms with Crippen LogP contribution in [0.3, 0.4) is 0 Å². The molecular formula is C16H22N2O5. The van der Waals surface area contributed by atoms with Crippen LogP contribution in [0.4, 0.5) is 0 Å². The van der Waals surface area contributed by atoms with E-state index in [1.54, 1.807) is 4.90 Å².